The number of halogens is 1. The molecule has 4 heterocycles. The minimum absolute atomic E-state index is 0.257. The van der Waals surface area contributed by atoms with Crippen LogP contribution in [0.15, 0.2) is 55.0 Å². The van der Waals surface area contributed by atoms with Crippen LogP contribution >= 0.6 is 0 Å². The third-order valence-corrected chi connectivity index (χ3v) is 5.46. The van der Waals surface area contributed by atoms with Gasteiger partial charge in [-0.2, -0.15) is 0 Å². The number of carbonyl (C=O) groups excluding carboxylic acids is 2. The van der Waals surface area contributed by atoms with Crippen molar-refractivity contribution in [2.75, 3.05) is 23.9 Å². The van der Waals surface area contributed by atoms with Crippen molar-refractivity contribution in [3.63, 3.8) is 0 Å². The summed E-state index contributed by atoms with van der Waals surface area (Å²) in [4.78, 5) is 39.4. The highest BCUT2D eigenvalue weighted by Gasteiger charge is 2.25. The SMILES string of the molecule is COC(=O)Nc1ccc(-n2cnc3ccc(C(=O)N4CCCc5cc(F)ccc54)nc32)cn1. The summed E-state index contributed by atoms with van der Waals surface area (Å²) in [5, 5.41) is 2.49. The standard InChI is InChI=1S/C23H19FN6O3/c1-33-23(32)28-20-9-5-16(12-25-20)30-13-26-17-6-7-18(27-21(17)30)22(31)29-10-2-3-14-11-15(24)4-8-19(14)29/h4-9,11-13H,2-3,10H2,1H3,(H,25,28,32). The number of methoxy groups -OCH3 is 1. The summed E-state index contributed by atoms with van der Waals surface area (Å²) in [6.07, 6.45) is 4.01. The van der Waals surface area contributed by atoms with Crippen LogP contribution in [0.5, 0.6) is 0 Å². The number of ether oxygens (including phenoxy) is 1. The maximum absolute atomic E-state index is 13.6. The van der Waals surface area contributed by atoms with E-state index in [-0.39, 0.29) is 17.4 Å². The van der Waals surface area contributed by atoms with Gasteiger partial charge in [0.25, 0.3) is 5.91 Å². The predicted molar refractivity (Wildman–Crippen MR) is 119 cm³/mol. The van der Waals surface area contributed by atoms with Crippen LogP contribution in [0, 0.1) is 5.82 Å². The molecule has 1 aromatic carbocycles. The molecule has 9 nitrogen and oxygen atoms in total. The number of imidazole rings is 1. The Kier molecular flexibility index (Phi) is 5.17. The molecule has 0 unspecified atom stereocenters. The molecule has 1 N–H and O–H groups in total. The van der Waals surface area contributed by atoms with Crippen LogP contribution in [0.2, 0.25) is 0 Å². The quantitative estimate of drug-likeness (QED) is 0.515. The molecule has 0 bridgehead atoms. The second kappa shape index (κ2) is 8.30. The topological polar surface area (TPSA) is 102 Å². The van der Waals surface area contributed by atoms with Gasteiger partial charge in [-0.05, 0) is 60.9 Å². The van der Waals surface area contributed by atoms with E-state index in [0.29, 0.717) is 34.9 Å². The van der Waals surface area contributed by atoms with Crippen LogP contribution in [-0.4, -0.2) is 45.2 Å². The second-order valence-corrected chi connectivity index (χ2v) is 7.51. The Bertz CT molecular complexity index is 1370. The van der Waals surface area contributed by atoms with E-state index >= 15 is 0 Å². The Balaban J connectivity index is 1.47. The van der Waals surface area contributed by atoms with Crippen molar-refractivity contribution in [2.24, 2.45) is 0 Å². The van der Waals surface area contributed by atoms with Gasteiger partial charge in [-0.3, -0.25) is 14.7 Å². The van der Waals surface area contributed by atoms with Gasteiger partial charge in [-0.1, -0.05) is 0 Å². The van der Waals surface area contributed by atoms with Crippen molar-refractivity contribution < 1.29 is 18.7 Å². The number of anilines is 2. The van der Waals surface area contributed by atoms with Gasteiger partial charge in [0.1, 0.15) is 29.2 Å². The molecule has 0 fully saturated rings. The molecule has 0 saturated heterocycles. The Hall–Kier alpha value is -4.34. The minimum Gasteiger partial charge on any atom is -0.453 e. The first-order chi connectivity index (χ1) is 16.0. The number of aryl methyl sites for hydroxylation is 1. The van der Waals surface area contributed by atoms with E-state index in [4.69, 9.17) is 0 Å². The Morgan fingerprint density at radius 3 is 2.79 bits per heavy atom. The number of nitrogens with one attached hydrogen (secondary N) is 1. The lowest BCUT2D eigenvalue weighted by molar-refractivity contribution is 0.0980. The average Bonchev–Trinajstić information content (AvgIpc) is 3.26. The average molecular weight is 446 g/mol. The zero-order valence-corrected chi connectivity index (χ0v) is 17.7. The molecule has 0 radical (unpaired) electrons. The van der Waals surface area contributed by atoms with Crippen molar-refractivity contribution in [1.29, 1.82) is 0 Å². The molecule has 2 amide bonds. The summed E-state index contributed by atoms with van der Waals surface area (Å²) >= 11 is 0. The van der Waals surface area contributed by atoms with Crippen LogP contribution in [-0.2, 0) is 11.2 Å². The summed E-state index contributed by atoms with van der Waals surface area (Å²) < 4.78 is 19.9. The number of nitrogens with zero attached hydrogens (tertiary/aromatic N) is 5. The first kappa shape index (κ1) is 20.6. The molecule has 5 rings (SSSR count). The van der Waals surface area contributed by atoms with Gasteiger partial charge < -0.3 is 9.64 Å². The van der Waals surface area contributed by atoms with E-state index in [2.05, 4.69) is 25.0 Å². The maximum Gasteiger partial charge on any atom is 0.412 e. The molecule has 1 aliphatic heterocycles. The van der Waals surface area contributed by atoms with E-state index in [9.17, 15) is 14.0 Å². The molecule has 166 valence electrons. The molecular formula is C23H19FN6O3. The Morgan fingerprint density at radius 2 is 2.00 bits per heavy atom. The third kappa shape index (κ3) is 3.86. The molecular weight excluding hydrogens is 427 g/mol. The van der Waals surface area contributed by atoms with Crippen molar-refractivity contribution >= 4 is 34.7 Å². The second-order valence-electron chi connectivity index (χ2n) is 7.51. The van der Waals surface area contributed by atoms with Gasteiger partial charge in [-0.15, -0.1) is 0 Å². The smallest absolute Gasteiger partial charge is 0.412 e. The van der Waals surface area contributed by atoms with Crippen LogP contribution < -0.4 is 10.2 Å². The van der Waals surface area contributed by atoms with Crippen molar-refractivity contribution in [2.45, 2.75) is 12.8 Å². The highest BCUT2D eigenvalue weighted by molar-refractivity contribution is 6.06. The van der Waals surface area contributed by atoms with E-state index in [0.717, 1.165) is 18.4 Å². The fourth-order valence-electron chi connectivity index (χ4n) is 3.87. The van der Waals surface area contributed by atoms with Crippen LogP contribution in [0.1, 0.15) is 22.5 Å². The summed E-state index contributed by atoms with van der Waals surface area (Å²) in [5.41, 5.74) is 3.55. The van der Waals surface area contributed by atoms with Gasteiger partial charge >= 0.3 is 6.09 Å². The maximum atomic E-state index is 13.6. The number of pyridine rings is 2. The molecule has 4 aromatic rings. The molecule has 3 aromatic heterocycles. The molecule has 10 heteroatoms. The van der Waals surface area contributed by atoms with Gasteiger partial charge in [0.2, 0.25) is 0 Å². The molecule has 1 aliphatic rings. The van der Waals surface area contributed by atoms with Crippen LogP contribution in [0.25, 0.3) is 16.9 Å². The predicted octanol–water partition coefficient (Wildman–Crippen LogP) is 3.73. The van der Waals surface area contributed by atoms with Crippen molar-refractivity contribution in [3.8, 4) is 5.69 Å². The molecule has 0 atom stereocenters. The number of aromatic nitrogens is 4. The largest absolute Gasteiger partial charge is 0.453 e. The van der Waals surface area contributed by atoms with E-state index in [1.54, 1.807) is 52.3 Å². The normalized spacial score (nSPS) is 13.0. The fraction of sp³-hybridized carbons (Fsp3) is 0.174. The van der Waals surface area contributed by atoms with E-state index < -0.39 is 6.09 Å². The monoisotopic (exact) mass is 446 g/mol. The lowest BCUT2D eigenvalue weighted by Gasteiger charge is -2.29. The summed E-state index contributed by atoms with van der Waals surface area (Å²) in [6, 6.07) is 11.2. The van der Waals surface area contributed by atoms with Crippen molar-refractivity contribution in [1.82, 2.24) is 19.5 Å². The number of fused-ring (bicyclic) bond motifs is 2. The summed E-state index contributed by atoms with van der Waals surface area (Å²) in [7, 11) is 1.27. The van der Waals surface area contributed by atoms with Crippen LogP contribution in [0.3, 0.4) is 0 Å². The van der Waals surface area contributed by atoms with Crippen LogP contribution in [0.4, 0.5) is 20.7 Å². The number of amides is 2. The molecule has 0 aliphatic carbocycles. The Labute approximate surface area is 187 Å². The highest BCUT2D eigenvalue weighted by Crippen LogP contribution is 2.29. The fourth-order valence-corrected chi connectivity index (χ4v) is 3.87. The zero-order valence-electron chi connectivity index (χ0n) is 17.7. The Morgan fingerprint density at radius 1 is 1.12 bits per heavy atom. The van der Waals surface area contributed by atoms with Gasteiger partial charge in [-0.25, -0.2) is 24.1 Å². The van der Waals surface area contributed by atoms with Crippen molar-refractivity contribution in [3.05, 3.63) is 72.1 Å². The van der Waals surface area contributed by atoms with E-state index in [1.165, 1.54) is 19.2 Å². The van der Waals surface area contributed by atoms with Gasteiger partial charge in [0.15, 0.2) is 5.65 Å². The third-order valence-electron chi connectivity index (χ3n) is 5.46. The first-order valence-corrected chi connectivity index (χ1v) is 10.3. The lowest BCUT2D eigenvalue weighted by Crippen LogP contribution is -2.36. The highest BCUT2D eigenvalue weighted by atomic mass is 19.1. The summed E-state index contributed by atoms with van der Waals surface area (Å²) in [5.74, 6) is -0.236. The first-order valence-electron chi connectivity index (χ1n) is 10.3. The lowest BCUT2D eigenvalue weighted by atomic mass is 10.0. The molecule has 0 saturated carbocycles. The number of hydrogen-bond acceptors (Lipinski definition) is 6. The minimum atomic E-state index is -0.616. The van der Waals surface area contributed by atoms with Gasteiger partial charge in [0, 0.05) is 12.2 Å². The number of hydrogen-bond donors (Lipinski definition) is 1. The zero-order chi connectivity index (χ0) is 22.9. The number of benzene rings is 1. The summed E-state index contributed by atoms with van der Waals surface area (Å²) in [6.45, 7) is 0.537. The number of carbonyl (C=O) groups is 2. The van der Waals surface area contributed by atoms with E-state index in [1.807, 2.05) is 0 Å². The molecule has 0 spiro atoms. The molecule has 33 heavy (non-hydrogen) atoms. The number of rotatable bonds is 3. The van der Waals surface area contributed by atoms with Gasteiger partial charge in [0.05, 0.1) is 19.0 Å².